The fourth-order valence-electron chi connectivity index (χ4n) is 4.98. The first-order valence-electron chi connectivity index (χ1n) is 13.1. The highest BCUT2D eigenvalue weighted by atomic mass is 32.2. The molecule has 0 aliphatic carbocycles. The number of rotatable bonds is 9. The molecule has 0 unspecified atom stereocenters. The van der Waals surface area contributed by atoms with Crippen molar-refractivity contribution in [1.82, 2.24) is 9.80 Å². The third-order valence-electron chi connectivity index (χ3n) is 7.23. The van der Waals surface area contributed by atoms with E-state index < -0.39 is 56.6 Å². The van der Waals surface area contributed by atoms with Crippen LogP contribution >= 0.6 is 11.8 Å². The lowest BCUT2D eigenvalue weighted by atomic mass is 10.0. The van der Waals surface area contributed by atoms with Crippen molar-refractivity contribution in [1.29, 1.82) is 0 Å². The van der Waals surface area contributed by atoms with Crippen molar-refractivity contribution in [3.63, 3.8) is 0 Å². The Morgan fingerprint density at radius 3 is 1.64 bits per heavy atom. The molecule has 3 aromatic rings. The van der Waals surface area contributed by atoms with Gasteiger partial charge in [0.1, 0.15) is 29.5 Å². The number of fused-ring (bicyclic) bond motifs is 2. The molecule has 0 N–H and O–H groups in total. The minimum Gasteiger partial charge on any atom is -0.457 e. The van der Waals surface area contributed by atoms with Crippen molar-refractivity contribution >= 4 is 52.8 Å². The maximum atomic E-state index is 13.5. The first kappa shape index (κ1) is 29.2. The highest BCUT2D eigenvalue weighted by molar-refractivity contribution is 8.05. The fraction of sp³-hybridized carbons (Fsp3) is 0.138. The van der Waals surface area contributed by atoms with Gasteiger partial charge < -0.3 is 9.47 Å². The summed E-state index contributed by atoms with van der Waals surface area (Å²) in [6, 6.07) is 15.2. The van der Waals surface area contributed by atoms with Gasteiger partial charge in [-0.25, -0.2) is 9.59 Å². The van der Waals surface area contributed by atoms with E-state index >= 15 is 0 Å². The van der Waals surface area contributed by atoms with Crippen molar-refractivity contribution < 1.29 is 43.3 Å². The maximum Gasteiger partial charge on any atom is 0.356 e. The molecule has 3 amide bonds. The summed E-state index contributed by atoms with van der Waals surface area (Å²) in [5.41, 5.74) is 0.246. The Labute approximate surface area is 256 Å². The molecule has 0 bridgehead atoms. The Balaban J connectivity index is 1.24. The zero-order valence-electron chi connectivity index (χ0n) is 22.7. The number of thioether (sulfide) groups is 1. The lowest BCUT2D eigenvalue weighted by Crippen LogP contribution is -2.68. The zero-order chi connectivity index (χ0) is 32.0. The molecule has 6 rings (SSSR count). The summed E-state index contributed by atoms with van der Waals surface area (Å²) in [6.07, 6.45) is 0. The average molecular weight is 631 g/mol. The molecular formula is C29H18N4O11S. The first-order valence-corrected chi connectivity index (χ1v) is 14.0. The van der Waals surface area contributed by atoms with Crippen LogP contribution in [0.25, 0.3) is 0 Å². The second-order valence-corrected chi connectivity index (χ2v) is 11.0. The highest BCUT2D eigenvalue weighted by Crippen LogP contribution is 2.50. The second-order valence-electron chi connectivity index (χ2n) is 9.86. The normalized spacial score (nSPS) is 18.4. The molecule has 1 saturated heterocycles. The van der Waals surface area contributed by atoms with E-state index in [9.17, 15) is 44.2 Å². The fourth-order valence-corrected chi connectivity index (χ4v) is 6.35. The molecule has 16 heteroatoms. The van der Waals surface area contributed by atoms with Gasteiger partial charge in [-0.2, -0.15) is 0 Å². The van der Waals surface area contributed by atoms with E-state index in [1.54, 1.807) is 12.1 Å². The van der Waals surface area contributed by atoms with Crippen LogP contribution in [-0.4, -0.2) is 60.7 Å². The number of benzene rings is 3. The number of ether oxygens (including phenoxy) is 2. The number of carbonyl (C=O) groups excluding carboxylic acids is 5. The van der Waals surface area contributed by atoms with Crippen LogP contribution < -0.4 is 0 Å². The van der Waals surface area contributed by atoms with Crippen molar-refractivity contribution in [2.75, 3.05) is 0 Å². The Morgan fingerprint density at radius 2 is 1.18 bits per heavy atom. The van der Waals surface area contributed by atoms with E-state index in [4.69, 9.17) is 9.47 Å². The van der Waals surface area contributed by atoms with Crippen molar-refractivity contribution in [3.05, 3.63) is 126 Å². The number of nitro groups is 2. The lowest BCUT2D eigenvalue weighted by molar-refractivity contribution is -0.385. The summed E-state index contributed by atoms with van der Waals surface area (Å²) >= 11 is 0.754. The Bertz CT molecular complexity index is 1820. The molecule has 0 saturated carbocycles. The Hall–Kier alpha value is -5.90. The van der Waals surface area contributed by atoms with Gasteiger partial charge in [0.25, 0.3) is 29.1 Å². The van der Waals surface area contributed by atoms with Crippen LogP contribution in [0.2, 0.25) is 0 Å². The van der Waals surface area contributed by atoms with Crippen molar-refractivity contribution in [2.45, 2.75) is 24.6 Å². The molecule has 226 valence electrons. The molecule has 2 atom stereocenters. The molecule has 45 heavy (non-hydrogen) atoms. The molecule has 1 fully saturated rings. The summed E-state index contributed by atoms with van der Waals surface area (Å²) in [5, 5.41) is 20.8. The predicted octanol–water partition coefficient (Wildman–Crippen LogP) is 3.08. The van der Waals surface area contributed by atoms with Crippen LogP contribution in [0.15, 0.2) is 83.4 Å². The van der Waals surface area contributed by atoms with Crippen molar-refractivity contribution in [3.8, 4) is 0 Å². The minimum atomic E-state index is -1.32. The molecule has 3 aromatic carbocycles. The molecule has 0 radical (unpaired) electrons. The number of nitro benzene ring substituents is 2. The molecule has 3 heterocycles. The Morgan fingerprint density at radius 1 is 0.711 bits per heavy atom. The van der Waals surface area contributed by atoms with E-state index in [0.717, 1.165) is 21.6 Å². The molecule has 15 nitrogen and oxygen atoms in total. The van der Waals surface area contributed by atoms with Gasteiger partial charge in [-0.3, -0.25) is 44.4 Å². The van der Waals surface area contributed by atoms with E-state index in [2.05, 4.69) is 0 Å². The number of non-ortho nitro benzene ring substituents is 2. The number of amides is 3. The van der Waals surface area contributed by atoms with Gasteiger partial charge in [-0.05, 0) is 47.5 Å². The SMILES string of the molecule is O=C(OCc1ccc([N+](=O)[O-])cc1)C1=C(C(=O)OCc2ccc([N+](=O)[O-])cc2)N2C(=O)[C@@H](N3C(=O)c4ccccc4C3=O)[C@H]2S1. The number of imide groups is 1. The van der Waals surface area contributed by atoms with E-state index in [-0.39, 0.29) is 40.6 Å². The minimum absolute atomic E-state index is 0.121. The average Bonchev–Trinajstić information content (AvgIpc) is 3.52. The van der Waals surface area contributed by atoms with Gasteiger partial charge in [-0.1, -0.05) is 23.9 Å². The number of nitrogens with zero attached hydrogens (tertiary/aromatic N) is 4. The van der Waals surface area contributed by atoms with Gasteiger partial charge in [0, 0.05) is 24.3 Å². The van der Waals surface area contributed by atoms with Gasteiger partial charge in [0.15, 0.2) is 5.70 Å². The smallest absolute Gasteiger partial charge is 0.356 e. The quantitative estimate of drug-likeness (QED) is 0.110. The zero-order valence-corrected chi connectivity index (χ0v) is 23.5. The van der Waals surface area contributed by atoms with E-state index in [0.29, 0.717) is 11.1 Å². The van der Waals surface area contributed by atoms with Gasteiger partial charge >= 0.3 is 11.9 Å². The number of hydrogen-bond donors (Lipinski definition) is 0. The monoisotopic (exact) mass is 630 g/mol. The number of hydrogen-bond acceptors (Lipinski definition) is 12. The van der Waals surface area contributed by atoms with E-state index in [1.807, 2.05) is 0 Å². The summed E-state index contributed by atoms with van der Waals surface area (Å²) < 4.78 is 10.7. The summed E-state index contributed by atoms with van der Waals surface area (Å²) in [5.74, 6) is -4.26. The number of β-lactam (4-membered cyclic amide) rings is 1. The Kier molecular flexibility index (Phi) is 7.33. The van der Waals surface area contributed by atoms with Crippen LogP contribution in [0.1, 0.15) is 31.8 Å². The van der Waals surface area contributed by atoms with Crippen LogP contribution in [-0.2, 0) is 37.1 Å². The molecule has 3 aliphatic rings. The summed E-state index contributed by atoms with van der Waals surface area (Å²) in [7, 11) is 0. The molecule has 3 aliphatic heterocycles. The molecular weight excluding hydrogens is 612 g/mol. The maximum absolute atomic E-state index is 13.5. The number of esters is 2. The third kappa shape index (κ3) is 5.06. The summed E-state index contributed by atoms with van der Waals surface area (Å²) in [6.45, 7) is -0.683. The standard InChI is InChI=1S/C29H18N4O11S/c34-24-19-3-1-2-4-20(19)25(35)30(24)22-26(36)31-21(28(37)43-13-15-5-9-17(10-6-15)32(39)40)23(45-27(22)31)29(38)44-14-16-7-11-18(12-8-16)33(41)42/h1-12,22,27H,13-14H2/t22-,27-/m1/s1. The van der Waals surface area contributed by atoms with Gasteiger partial charge in [0.2, 0.25) is 0 Å². The van der Waals surface area contributed by atoms with Crippen molar-refractivity contribution in [2.24, 2.45) is 0 Å². The summed E-state index contributed by atoms with van der Waals surface area (Å²) in [4.78, 5) is 88.4. The van der Waals surface area contributed by atoms with Gasteiger partial charge in [-0.15, -0.1) is 0 Å². The molecule has 0 spiro atoms. The lowest BCUT2D eigenvalue weighted by Gasteiger charge is -2.45. The van der Waals surface area contributed by atoms with Crippen LogP contribution in [0.3, 0.4) is 0 Å². The second kappa shape index (κ2) is 11.3. The van der Waals surface area contributed by atoms with Crippen LogP contribution in [0.4, 0.5) is 11.4 Å². The molecule has 0 aromatic heterocycles. The largest absolute Gasteiger partial charge is 0.457 e. The number of carbonyl (C=O) groups is 5. The highest BCUT2D eigenvalue weighted by Gasteiger charge is 2.63. The third-order valence-corrected chi connectivity index (χ3v) is 8.53. The van der Waals surface area contributed by atoms with E-state index in [1.165, 1.54) is 60.7 Å². The van der Waals surface area contributed by atoms with Crippen LogP contribution in [0.5, 0.6) is 0 Å². The first-order chi connectivity index (χ1) is 21.6. The topological polar surface area (TPSA) is 197 Å². The predicted molar refractivity (Wildman–Crippen MR) is 152 cm³/mol. The van der Waals surface area contributed by atoms with Gasteiger partial charge in [0.05, 0.1) is 21.0 Å². The van der Waals surface area contributed by atoms with Crippen LogP contribution in [0, 0.1) is 20.2 Å².